The molecule has 3 nitrogen and oxygen atoms in total. The van der Waals surface area contributed by atoms with E-state index in [-0.39, 0.29) is 0 Å². The van der Waals surface area contributed by atoms with Gasteiger partial charge in [-0.05, 0) is 45.7 Å². The van der Waals surface area contributed by atoms with Gasteiger partial charge in [0.1, 0.15) is 0 Å². The van der Waals surface area contributed by atoms with Gasteiger partial charge in [-0.15, -0.1) is 0 Å². The summed E-state index contributed by atoms with van der Waals surface area (Å²) in [5.41, 5.74) is 0. The summed E-state index contributed by atoms with van der Waals surface area (Å²) in [6.45, 7) is 8.43. The molecule has 0 saturated heterocycles. The number of rotatable bonds is 10. The maximum Gasteiger partial charge on any atom is 0.0477 e. The van der Waals surface area contributed by atoms with E-state index in [4.69, 9.17) is 4.74 Å². The van der Waals surface area contributed by atoms with Crippen LogP contribution in [0.3, 0.4) is 0 Å². The van der Waals surface area contributed by atoms with Crippen molar-refractivity contribution in [3.05, 3.63) is 0 Å². The van der Waals surface area contributed by atoms with Gasteiger partial charge in [0.05, 0.1) is 0 Å². The van der Waals surface area contributed by atoms with E-state index in [2.05, 4.69) is 17.3 Å². The van der Waals surface area contributed by atoms with Gasteiger partial charge in [-0.2, -0.15) is 0 Å². The quantitative estimate of drug-likeness (QED) is 0.594. The zero-order valence-electron chi connectivity index (χ0n) is 11.7. The number of ether oxygens (including phenoxy) is 1. The lowest BCUT2D eigenvalue weighted by Crippen LogP contribution is -2.32. The Bertz CT molecular complexity index is 170. The van der Waals surface area contributed by atoms with Crippen LogP contribution in [-0.4, -0.2) is 51.3 Å². The molecule has 17 heavy (non-hydrogen) atoms. The molecule has 0 amide bonds. The zero-order chi connectivity index (χ0) is 12.3. The SMILES string of the molecule is CCOCCCNCCN(C)CC1CCCC1. The van der Waals surface area contributed by atoms with E-state index in [9.17, 15) is 0 Å². The Morgan fingerprint density at radius 1 is 1.24 bits per heavy atom. The first kappa shape index (κ1) is 14.9. The first-order valence-corrected chi connectivity index (χ1v) is 7.30. The first-order chi connectivity index (χ1) is 8.33. The molecule has 0 aromatic heterocycles. The highest BCUT2D eigenvalue weighted by molar-refractivity contribution is 4.70. The van der Waals surface area contributed by atoms with Crippen molar-refractivity contribution in [3.8, 4) is 0 Å². The summed E-state index contributed by atoms with van der Waals surface area (Å²) in [5.74, 6) is 0.970. The summed E-state index contributed by atoms with van der Waals surface area (Å²) >= 11 is 0. The molecule has 1 aliphatic rings. The molecule has 1 aliphatic carbocycles. The molecule has 1 rings (SSSR count). The van der Waals surface area contributed by atoms with Gasteiger partial charge < -0.3 is 15.0 Å². The average Bonchev–Trinajstić information content (AvgIpc) is 2.80. The minimum atomic E-state index is 0.837. The van der Waals surface area contributed by atoms with Gasteiger partial charge in [-0.25, -0.2) is 0 Å². The van der Waals surface area contributed by atoms with Crippen molar-refractivity contribution in [2.24, 2.45) is 5.92 Å². The lowest BCUT2D eigenvalue weighted by molar-refractivity contribution is 0.144. The second-order valence-corrected chi connectivity index (χ2v) is 5.21. The number of nitrogens with one attached hydrogen (secondary N) is 1. The molecule has 0 bridgehead atoms. The van der Waals surface area contributed by atoms with Gasteiger partial charge in [-0.1, -0.05) is 12.8 Å². The molecular weight excluding hydrogens is 212 g/mol. The largest absolute Gasteiger partial charge is 0.382 e. The van der Waals surface area contributed by atoms with Crippen molar-refractivity contribution in [2.45, 2.75) is 39.0 Å². The van der Waals surface area contributed by atoms with Crippen molar-refractivity contribution in [2.75, 3.05) is 46.4 Å². The Morgan fingerprint density at radius 2 is 2.00 bits per heavy atom. The van der Waals surface area contributed by atoms with E-state index in [1.165, 1.54) is 38.8 Å². The van der Waals surface area contributed by atoms with Crippen LogP contribution in [0.25, 0.3) is 0 Å². The number of hydrogen-bond donors (Lipinski definition) is 1. The zero-order valence-corrected chi connectivity index (χ0v) is 11.7. The van der Waals surface area contributed by atoms with E-state index in [0.717, 1.165) is 38.6 Å². The minimum absolute atomic E-state index is 0.837. The summed E-state index contributed by atoms with van der Waals surface area (Å²) in [5, 5.41) is 3.48. The fourth-order valence-corrected chi connectivity index (χ4v) is 2.56. The van der Waals surface area contributed by atoms with Gasteiger partial charge in [0.2, 0.25) is 0 Å². The molecule has 0 radical (unpaired) electrons. The first-order valence-electron chi connectivity index (χ1n) is 7.30. The molecule has 3 heteroatoms. The van der Waals surface area contributed by atoms with Gasteiger partial charge in [0.25, 0.3) is 0 Å². The van der Waals surface area contributed by atoms with Gasteiger partial charge in [0.15, 0.2) is 0 Å². The van der Waals surface area contributed by atoms with Crippen LogP contribution in [0.1, 0.15) is 39.0 Å². The van der Waals surface area contributed by atoms with Crippen molar-refractivity contribution in [1.29, 1.82) is 0 Å². The van der Waals surface area contributed by atoms with E-state index in [1.54, 1.807) is 0 Å². The lowest BCUT2D eigenvalue weighted by Gasteiger charge is -2.20. The molecule has 0 atom stereocenters. The van der Waals surface area contributed by atoms with Crippen LogP contribution in [0.5, 0.6) is 0 Å². The highest BCUT2D eigenvalue weighted by atomic mass is 16.5. The Balaban J connectivity index is 1.84. The molecule has 1 N–H and O–H groups in total. The van der Waals surface area contributed by atoms with E-state index in [1.807, 2.05) is 6.92 Å². The molecule has 1 saturated carbocycles. The van der Waals surface area contributed by atoms with Crippen LogP contribution >= 0.6 is 0 Å². The number of hydrogen-bond acceptors (Lipinski definition) is 3. The van der Waals surface area contributed by atoms with Gasteiger partial charge >= 0.3 is 0 Å². The fraction of sp³-hybridized carbons (Fsp3) is 1.00. The summed E-state index contributed by atoms with van der Waals surface area (Å²) < 4.78 is 5.30. The van der Waals surface area contributed by atoms with Crippen LogP contribution in [0, 0.1) is 5.92 Å². The maximum absolute atomic E-state index is 5.30. The molecular formula is C14H30N2O. The third-order valence-corrected chi connectivity index (χ3v) is 3.56. The van der Waals surface area contributed by atoms with Crippen LogP contribution < -0.4 is 5.32 Å². The van der Waals surface area contributed by atoms with Crippen LogP contribution in [0.4, 0.5) is 0 Å². The fourth-order valence-electron chi connectivity index (χ4n) is 2.56. The third-order valence-electron chi connectivity index (χ3n) is 3.56. The standard InChI is InChI=1S/C14H30N2O/c1-3-17-12-6-9-15-10-11-16(2)13-14-7-4-5-8-14/h14-15H,3-13H2,1-2H3. The van der Waals surface area contributed by atoms with Crippen molar-refractivity contribution >= 4 is 0 Å². The summed E-state index contributed by atoms with van der Waals surface area (Å²) in [7, 11) is 2.25. The van der Waals surface area contributed by atoms with E-state index in [0.29, 0.717) is 0 Å². The Labute approximate surface area is 107 Å². The third kappa shape index (κ3) is 7.74. The van der Waals surface area contributed by atoms with E-state index < -0.39 is 0 Å². The highest BCUT2D eigenvalue weighted by Crippen LogP contribution is 2.24. The molecule has 1 fully saturated rings. The molecule has 0 aliphatic heterocycles. The molecule has 0 aromatic carbocycles. The summed E-state index contributed by atoms with van der Waals surface area (Å²) in [4.78, 5) is 2.48. The Kier molecular flexibility index (Phi) is 8.67. The van der Waals surface area contributed by atoms with E-state index >= 15 is 0 Å². The molecule has 102 valence electrons. The van der Waals surface area contributed by atoms with Crippen molar-refractivity contribution in [3.63, 3.8) is 0 Å². The Morgan fingerprint density at radius 3 is 2.71 bits per heavy atom. The number of likely N-dealkylation sites (N-methyl/N-ethyl adjacent to an activating group) is 1. The molecule has 0 heterocycles. The molecule has 0 unspecified atom stereocenters. The highest BCUT2D eigenvalue weighted by Gasteiger charge is 2.16. The monoisotopic (exact) mass is 242 g/mol. The van der Waals surface area contributed by atoms with Crippen LogP contribution in [-0.2, 0) is 4.74 Å². The topological polar surface area (TPSA) is 24.5 Å². The van der Waals surface area contributed by atoms with Crippen LogP contribution in [0.2, 0.25) is 0 Å². The average molecular weight is 242 g/mol. The van der Waals surface area contributed by atoms with Crippen LogP contribution in [0.15, 0.2) is 0 Å². The number of nitrogens with zero attached hydrogens (tertiary/aromatic N) is 1. The maximum atomic E-state index is 5.30. The second kappa shape index (κ2) is 9.86. The predicted octanol–water partition coefficient (Wildman–Crippen LogP) is 2.12. The summed E-state index contributed by atoms with van der Waals surface area (Å²) in [6, 6.07) is 0. The predicted molar refractivity (Wildman–Crippen MR) is 73.4 cm³/mol. The smallest absolute Gasteiger partial charge is 0.0477 e. The van der Waals surface area contributed by atoms with Gasteiger partial charge in [-0.3, -0.25) is 0 Å². The minimum Gasteiger partial charge on any atom is -0.382 e. The summed E-state index contributed by atoms with van der Waals surface area (Å²) in [6.07, 6.45) is 6.93. The van der Waals surface area contributed by atoms with Crippen molar-refractivity contribution in [1.82, 2.24) is 10.2 Å². The van der Waals surface area contributed by atoms with Crippen molar-refractivity contribution < 1.29 is 4.74 Å². The second-order valence-electron chi connectivity index (χ2n) is 5.21. The molecule has 0 spiro atoms. The Hall–Kier alpha value is -0.120. The normalized spacial score (nSPS) is 17.1. The lowest BCUT2D eigenvalue weighted by atomic mass is 10.1. The molecule has 0 aromatic rings. The van der Waals surface area contributed by atoms with Gasteiger partial charge in [0, 0.05) is 32.8 Å².